The minimum absolute atomic E-state index is 0.0542. The van der Waals surface area contributed by atoms with Crippen LogP contribution in [0.3, 0.4) is 0 Å². The molecule has 4 rings (SSSR count). The van der Waals surface area contributed by atoms with Crippen LogP contribution in [-0.4, -0.2) is 24.9 Å². The van der Waals surface area contributed by atoms with Gasteiger partial charge in [0.2, 0.25) is 0 Å². The number of nitrogens with zero attached hydrogens (tertiary/aromatic N) is 4. The van der Waals surface area contributed by atoms with Crippen LogP contribution >= 0.6 is 11.8 Å². The number of aromatic nitrogens is 4. The molecule has 23 heavy (non-hydrogen) atoms. The standard InChI is InChI=1S/C17H18N4OS/c1-11-8-12(14-4-2-3-5-15(14)18-11)10-23-17-20-19-16(9-22)21(17)13-6-7-13/h2-5,8,13,22H,6-7,9-10H2,1H3. The predicted octanol–water partition coefficient (Wildman–Crippen LogP) is 3.25. The van der Waals surface area contributed by atoms with Gasteiger partial charge in [0.25, 0.3) is 0 Å². The molecule has 2 aromatic heterocycles. The summed E-state index contributed by atoms with van der Waals surface area (Å²) in [6, 6.07) is 10.8. The second-order valence-electron chi connectivity index (χ2n) is 5.89. The average Bonchev–Trinajstić information content (AvgIpc) is 3.32. The van der Waals surface area contributed by atoms with Gasteiger partial charge in [-0.3, -0.25) is 4.98 Å². The van der Waals surface area contributed by atoms with E-state index in [1.54, 1.807) is 11.8 Å². The lowest BCUT2D eigenvalue weighted by Crippen LogP contribution is -2.03. The molecular formula is C17H18N4OS. The first-order valence-electron chi connectivity index (χ1n) is 7.79. The Morgan fingerprint density at radius 1 is 1.26 bits per heavy atom. The zero-order valence-electron chi connectivity index (χ0n) is 12.9. The zero-order chi connectivity index (χ0) is 15.8. The van der Waals surface area contributed by atoms with Crippen LogP contribution in [0.4, 0.5) is 0 Å². The van der Waals surface area contributed by atoms with Crippen LogP contribution in [0, 0.1) is 6.92 Å². The largest absolute Gasteiger partial charge is 0.388 e. The number of hydrogen-bond acceptors (Lipinski definition) is 5. The Labute approximate surface area is 138 Å². The van der Waals surface area contributed by atoms with Crippen molar-refractivity contribution in [3.63, 3.8) is 0 Å². The molecule has 2 heterocycles. The maximum absolute atomic E-state index is 9.43. The van der Waals surface area contributed by atoms with E-state index in [1.165, 1.54) is 10.9 Å². The van der Waals surface area contributed by atoms with E-state index >= 15 is 0 Å². The fraction of sp³-hybridized carbons (Fsp3) is 0.353. The Balaban J connectivity index is 1.64. The first-order valence-corrected chi connectivity index (χ1v) is 8.77. The molecule has 0 saturated heterocycles. The summed E-state index contributed by atoms with van der Waals surface area (Å²) in [6.07, 6.45) is 2.30. The van der Waals surface area contributed by atoms with Crippen molar-refractivity contribution < 1.29 is 5.11 Å². The van der Waals surface area contributed by atoms with Crippen molar-refractivity contribution >= 4 is 22.7 Å². The Morgan fingerprint density at radius 3 is 2.87 bits per heavy atom. The van der Waals surface area contributed by atoms with Crippen LogP contribution in [0.2, 0.25) is 0 Å². The number of aliphatic hydroxyl groups is 1. The van der Waals surface area contributed by atoms with E-state index in [0.29, 0.717) is 11.9 Å². The van der Waals surface area contributed by atoms with Gasteiger partial charge in [0.15, 0.2) is 11.0 Å². The van der Waals surface area contributed by atoms with Crippen molar-refractivity contribution in [1.29, 1.82) is 0 Å². The summed E-state index contributed by atoms with van der Waals surface area (Å²) >= 11 is 1.68. The quantitative estimate of drug-likeness (QED) is 0.729. The number of rotatable bonds is 5. The van der Waals surface area contributed by atoms with Gasteiger partial charge in [-0.2, -0.15) is 0 Å². The smallest absolute Gasteiger partial charge is 0.191 e. The monoisotopic (exact) mass is 326 g/mol. The molecule has 0 unspecified atom stereocenters. The number of thioether (sulfide) groups is 1. The predicted molar refractivity (Wildman–Crippen MR) is 90.3 cm³/mol. The SMILES string of the molecule is Cc1cc(CSc2nnc(CO)n2C2CC2)c2ccccc2n1. The maximum atomic E-state index is 9.43. The summed E-state index contributed by atoms with van der Waals surface area (Å²) in [5, 5.41) is 19.9. The topological polar surface area (TPSA) is 63.8 Å². The van der Waals surface area contributed by atoms with E-state index in [9.17, 15) is 5.11 Å². The van der Waals surface area contributed by atoms with E-state index < -0.39 is 0 Å². The Kier molecular flexibility index (Phi) is 3.79. The number of benzene rings is 1. The third-order valence-corrected chi connectivity index (χ3v) is 5.07. The lowest BCUT2D eigenvalue weighted by molar-refractivity contribution is 0.263. The van der Waals surface area contributed by atoms with Crippen LogP contribution in [0.15, 0.2) is 35.5 Å². The molecular weight excluding hydrogens is 308 g/mol. The van der Waals surface area contributed by atoms with Gasteiger partial charge in [0.05, 0.1) is 5.52 Å². The highest BCUT2D eigenvalue weighted by atomic mass is 32.2. The van der Waals surface area contributed by atoms with Crippen LogP contribution in [0.1, 0.15) is 36.0 Å². The molecule has 1 aromatic carbocycles. The molecule has 1 N–H and O–H groups in total. The molecule has 1 saturated carbocycles. The first kappa shape index (κ1) is 14.7. The third kappa shape index (κ3) is 2.84. The van der Waals surface area contributed by atoms with Gasteiger partial charge in [0, 0.05) is 22.9 Å². The molecule has 118 valence electrons. The van der Waals surface area contributed by atoms with Gasteiger partial charge in [-0.1, -0.05) is 30.0 Å². The number of para-hydroxylation sites is 1. The number of pyridine rings is 1. The Hall–Kier alpha value is -1.92. The van der Waals surface area contributed by atoms with E-state index in [2.05, 4.69) is 31.9 Å². The highest BCUT2D eigenvalue weighted by molar-refractivity contribution is 7.98. The van der Waals surface area contributed by atoms with Crippen molar-refractivity contribution in [2.75, 3.05) is 0 Å². The van der Waals surface area contributed by atoms with Crippen molar-refractivity contribution in [3.8, 4) is 0 Å². The summed E-state index contributed by atoms with van der Waals surface area (Å²) < 4.78 is 2.10. The van der Waals surface area contributed by atoms with E-state index in [0.717, 1.165) is 35.0 Å². The van der Waals surface area contributed by atoms with Crippen molar-refractivity contribution in [3.05, 3.63) is 47.4 Å². The normalized spacial score (nSPS) is 14.5. The lowest BCUT2D eigenvalue weighted by atomic mass is 10.1. The van der Waals surface area contributed by atoms with E-state index in [4.69, 9.17) is 0 Å². The molecule has 0 aliphatic heterocycles. The van der Waals surface area contributed by atoms with E-state index in [-0.39, 0.29) is 6.61 Å². The van der Waals surface area contributed by atoms with Gasteiger partial charge < -0.3 is 9.67 Å². The molecule has 1 fully saturated rings. The van der Waals surface area contributed by atoms with Crippen LogP contribution in [0.25, 0.3) is 10.9 Å². The van der Waals surface area contributed by atoms with Gasteiger partial charge in [-0.25, -0.2) is 0 Å². The summed E-state index contributed by atoms with van der Waals surface area (Å²) in [5.74, 6) is 1.49. The summed E-state index contributed by atoms with van der Waals surface area (Å²) in [7, 11) is 0. The van der Waals surface area contributed by atoms with Gasteiger partial charge in [-0.15, -0.1) is 10.2 Å². The summed E-state index contributed by atoms with van der Waals surface area (Å²) in [6.45, 7) is 1.97. The molecule has 1 aliphatic rings. The number of aryl methyl sites for hydroxylation is 1. The van der Waals surface area contributed by atoms with Crippen molar-refractivity contribution in [1.82, 2.24) is 19.7 Å². The number of hydrogen-bond donors (Lipinski definition) is 1. The molecule has 3 aromatic rings. The third-order valence-electron chi connectivity index (χ3n) is 4.08. The minimum Gasteiger partial charge on any atom is -0.388 e. The lowest BCUT2D eigenvalue weighted by Gasteiger charge is -2.09. The molecule has 0 spiro atoms. The van der Waals surface area contributed by atoms with E-state index in [1.807, 2.05) is 25.1 Å². The average molecular weight is 326 g/mol. The first-order chi connectivity index (χ1) is 11.3. The van der Waals surface area contributed by atoms with Gasteiger partial charge in [0.1, 0.15) is 6.61 Å². The molecule has 0 amide bonds. The number of fused-ring (bicyclic) bond motifs is 1. The van der Waals surface area contributed by atoms with Gasteiger partial charge in [-0.05, 0) is 37.5 Å². The molecule has 0 radical (unpaired) electrons. The Morgan fingerprint density at radius 2 is 2.09 bits per heavy atom. The van der Waals surface area contributed by atoms with Crippen LogP contribution in [0.5, 0.6) is 0 Å². The van der Waals surface area contributed by atoms with Crippen molar-refractivity contribution in [2.45, 2.75) is 43.3 Å². The molecule has 0 atom stereocenters. The highest BCUT2D eigenvalue weighted by Crippen LogP contribution is 2.39. The molecule has 1 aliphatic carbocycles. The maximum Gasteiger partial charge on any atom is 0.191 e. The number of aliphatic hydroxyl groups excluding tert-OH is 1. The summed E-state index contributed by atoms with van der Waals surface area (Å²) in [5.41, 5.74) is 3.32. The molecule has 0 bridgehead atoms. The highest BCUT2D eigenvalue weighted by Gasteiger charge is 2.29. The summed E-state index contributed by atoms with van der Waals surface area (Å²) in [4.78, 5) is 4.59. The fourth-order valence-electron chi connectivity index (χ4n) is 2.87. The Bertz CT molecular complexity index is 857. The molecule has 6 heteroatoms. The molecule has 5 nitrogen and oxygen atoms in total. The second-order valence-corrected chi connectivity index (χ2v) is 6.83. The van der Waals surface area contributed by atoms with Crippen LogP contribution in [-0.2, 0) is 12.4 Å². The van der Waals surface area contributed by atoms with Gasteiger partial charge >= 0.3 is 0 Å². The van der Waals surface area contributed by atoms with Crippen molar-refractivity contribution in [2.24, 2.45) is 0 Å². The fourth-order valence-corrected chi connectivity index (χ4v) is 3.89. The zero-order valence-corrected chi connectivity index (χ0v) is 13.8. The minimum atomic E-state index is -0.0542. The second kappa shape index (κ2) is 5.94. The van der Waals surface area contributed by atoms with Crippen LogP contribution < -0.4 is 0 Å².